The number of benzene rings is 3. The van der Waals surface area contributed by atoms with Crippen molar-refractivity contribution in [2.75, 3.05) is 31.6 Å². The third kappa shape index (κ3) is 8.28. The molecule has 0 saturated carbocycles. The molecular formula is C33H43N3O6S. The topological polar surface area (TPSA) is 105 Å². The first-order chi connectivity index (χ1) is 20.4. The Morgan fingerprint density at radius 3 is 2.14 bits per heavy atom. The summed E-state index contributed by atoms with van der Waals surface area (Å²) >= 11 is 0. The van der Waals surface area contributed by atoms with Gasteiger partial charge < -0.3 is 19.7 Å². The van der Waals surface area contributed by atoms with E-state index in [0.29, 0.717) is 24.5 Å². The van der Waals surface area contributed by atoms with Gasteiger partial charge in [-0.3, -0.25) is 13.9 Å². The standard InChI is InChI=1S/C33H43N3O6S/c1-8-29(33(38)34-20-23(2)3)35(21-26-12-10-9-11-25(26)5)32(37)22-36(27-15-18-30(41-6)31(19-27)42-7)43(39,40)28-16-13-24(4)14-17-28/h9-19,23,29H,8,20-22H2,1-7H3,(H,34,38)/t29-/m1/s1. The molecule has 43 heavy (non-hydrogen) atoms. The fourth-order valence-electron chi connectivity index (χ4n) is 4.66. The van der Waals surface area contributed by atoms with E-state index in [2.05, 4.69) is 5.32 Å². The van der Waals surface area contributed by atoms with Gasteiger partial charge in [0.1, 0.15) is 12.6 Å². The molecule has 0 saturated heterocycles. The van der Waals surface area contributed by atoms with E-state index in [0.717, 1.165) is 21.0 Å². The van der Waals surface area contributed by atoms with E-state index < -0.39 is 28.5 Å². The van der Waals surface area contributed by atoms with Crippen LogP contribution in [0.2, 0.25) is 0 Å². The smallest absolute Gasteiger partial charge is 0.264 e. The van der Waals surface area contributed by atoms with E-state index in [1.54, 1.807) is 24.3 Å². The first kappa shape index (κ1) is 33.5. The Balaban J connectivity index is 2.12. The summed E-state index contributed by atoms with van der Waals surface area (Å²) in [4.78, 5) is 29.2. The summed E-state index contributed by atoms with van der Waals surface area (Å²) < 4.78 is 40.1. The molecule has 1 N–H and O–H groups in total. The van der Waals surface area contributed by atoms with Crippen molar-refractivity contribution in [1.29, 1.82) is 0 Å². The van der Waals surface area contributed by atoms with Crippen molar-refractivity contribution in [2.45, 2.75) is 58.5 Å². The first-order valence-corrected chi connectivity index (χ1v) is 15.8. The number of amides is 2. The van der Waals surface area contributed by atoms with Crippen molar-refractivity contribution in [3.63, 3.8) is 0 Å². The highest BCUT2D eigenvalue weighted by atomic mass is 32.2. The Hall–Kier alpha value is -4.05. The van der Waals surface area contributed by atoms with Crippen LogP contribution in [0.3, 0.4) is 0 Å². The number of aryl methyl sites for hydroxylation is 2. The van der Waals surface area contributed by atoms with E-state index in [4.69, 9.17) is 9.47 Å². The number of nitrogens with zero attached hydrogens (tertiary/aromatic N) is 2. The van der Waals surface area contributed by atoms with Gasteiger partial charge in [-0.05, 0) is 61.6 Å². The van der Waals surface area contributed by atoms with Crippen LogP contribution in [0.15, 0.2) is 71.6 Å². The number of methoxy groups -OCH3 is 2. The average molecular weight is 610 g/mol. The number of rotatable bonds is 14. The number of sulfonamides is 1. The van der Waals surface area contributed by atoms with Crippen LogP contribution in [0.1, 0.15) is 43.9 Å². The van der Waals surface area contributed by atoms with Crippen LogP contribution in [0.4, 0.5) is 5.69 Å². The largest absolute Gasteiger partial charge is 0.493 e. The van der Waals surface area contributed by atoms with Gasteiger partial charge in [0.15, 0.2) is 11.5 Å². The Morgan fingerprint density at radius 1 is 0.907 bits per heavy atom. The lowest BCUT2D eigenvalue weighted by atomic mass is 10.1. The van der Waals surface area contributed by atoms with Crippen molar-refractivity contribution in [3.05, 3.63) is 83.4 Å². The molecule has 2 amide bonds. The van der Waals surface area contributed by atoms with Crippen LogP contribution in [-0.2, 0) is 26.2 Å². The van der Waals surface area contributed by atoms with Crippen molar-refractivity contribution in [1.82, 2.24) is 10.2 Å². The lowest BCUT2D eigenvalue weighted by molar-refractivity contribution is -0.140. The second-order valence-corrected chi connectivity index (χ2v) is 12.7. The van der Waals surface area contributed by atoms with E-state index in [9.17, 15) is 18.0 Å². The van der Waals surface area contributed by atoms with E-state index >= 15 is 0 Å². The molecule has 1 atom stereocenters. The first-order valence-electron chi connectivity index (χ1n) is 14.4. The van der Waals surface area contributed by atoms with Crippen LogP contribution in [0.5, 0.6) is 11.5 Å². The van der Waals surface area contributed by atoms with Gasteiger partial charge in [0.2, 0.25) is 11.8 Å². The van der Waals surface area contributed by atoms with Gasteiger partial charge in [-0.1, -0.05) is 62.7 Å². The molecular weight excluding hydrogens is 566 g/mol. The molecule has 3 aromatic rings. The molecule has 0 bridgehead atoms. The second-order valence-electron chi connectivity index (χ2n) is 10.9. The third-order valence-electron chi connectivity index (χ3n) is 7.22. The van der Waals surface area contributed by atoms with Crippen LogP contribution in [0.25, 0.3) is 0 Å². The van der Waals surface area contributed by atoms with Gasteiger partial charge in [0.05, 0.1) is 24.8 Å². The Labute approximate surface area is 255 Å². The number of carbonyl (C=O) groups excluding carboxylic acids is 2. The molecule has 0 aliphatic rings. The lowest BCUT2D eigenvalue weighted by Gasteiger charge is -2.33. The molecule has 10 heteroatoms. The molecule has 9 nitrogen and oxygen atoms in total. The maximum absolute atomic E-state index is 14.3. The summed E-state index contributed by atoms with van der Waals surface area (Å²) in [6, 6.07) is 18.0. The van der Waals surface area contributed by atoms with Crippen LogP contribution < -0.4 is 19.1 Å². The monoisotopic (exact) mass is 609 g/mol. The fraction of sp³-hybridized carbons (Fsp3) is 0.394. The molecule has 0 fully saturated rings. The molecule has 0 aromatic heterocycles. The highest BCUT2D eigenvalue weighted by Gasteiger charge is 2.34. The number of hydrogen-bond acceptors (Lipinski definition) is 6. The highest BCUT2D eigenvalue weighted by molar-refractivity contribution is 7.92. The van der Waals surface area contributed by atoms with Crippen molar-refractivity contribution in [3.8, 4) is 11.5 Å². The maximum atomic E-state index is 14.3. The summed E-state index contributed by atoms with van der Waals surface area (Å²) in [5, 5.41) is 2.95. The van der Waals surface area contributed by atoms with Crippen LogP contribution in [-0.4, -0.2) is 58.5 Å². The van der Waals surface area contributed by atoms with Crippen molar-refractivity contribution < 1.29 is 27.5 Å². The zero-order chi connectivity index (χ0) is 31.7. The number of anilines is 1. The van der Waals surface area contributed by atoms with Gasteiger partial charge in [0, 0.05) is 19.2 Å². The van der Waals surface area contributed by atoms with Gasteiger partial charge in [-0.25, -0.2) is 8.42 Å². The average Bonchev–Trinajstić information content (AvgIpc) is 2.99. The highest BCUT2D eigenvalue weighted by Crippen LogP contribution is 2.34. The molecule has 232 valence electrons. The number of ether oxygens (including phenoxy) is 2. The zero-order valence-corrected chi connectivity index (χ0v) is 26.9. The summed E-state index contributed by atoms with van der Waals surface area (Å²) in [5.41, 5.74) is 2.95. The number of carbonyl (C=O) groups is 2. The molecule has 0 spiro atoms. The van der Waals surface area contributed by atoms with Gasteiger partial charge in [0.25, 0.3) is 10.0 Å². The zero-order valence-electron chi connectivity index (χ0n) is 26.1. The third-order valence-corrected chi connectivity index (χ3v) is 9.00. The molecule has 3 rings (SSSR count). The molecule has 0 radical (unpaired) electrons. The van der Waals surface area contributed by atoms with Gasteiger partial charge in [-0.2, -0.15) is 0 Å². The summed E-state index contributed by atoms with van der Waals surface area (Å²) in [5.74, 6) is 0.159. The minimum absolute atomic E-state index is 0.0351. The summed E-state index contributed by atoms with van der Waals surface area (Å²) in [6.07, 6.45) is 0.350. The fourth-order valence-corrected chi connectivity index (χ4v) is 6.07. The normalized spacial score (nSPS) is 12.0. The predicted octanol–water partition coefficient (Wildman–Crippen LogP) is 5.10. The van der Waals surface area contributed by atoms with Gasteiger partial charge >= 0.3 is 0 Å². The lowest BCUT2D eigenvalue weighted by Crippen LogP contribution is -2.52. The Morgan fingerprint density at radius 2 is 1.56 bits per heavy atom. The SMILES string of the molecule is CC[C@H](C(=O)NCC(C)C)N(Cc1ccccc1C)C(=O)CN(c1ccc(OC)c(OC)c1)S(=O)(=O)c1ccc(C)cc1. The van der Waals surface area contributed by atoms with E-state index in [1.165, 1.54) is 37.3 Å². The summed E-state index contributed by atoms with van der Waals surface area (Å²) in [7, 11) is -1.27. The quantitative estimate of drug-likeness (QED) is 0.273. The van der Waals surface area contributed by atoms with E-state index in [-0.39, 0.29) is 29.0 Å². The van der Waals surface area contributed by atoms with Crippen LogP contribution in [0, 0.1) is 19.8 Å². The van der Waals surface area contributed by atoms with Crippen LogP contribution >= 0.6 is 0 Å². The Kier molecular flexibility index (Phi) is 11.6. The second kappa shape index (κ2) is 14.9. The molecule has 0 aliphatic carbocycles. The minimum atomic E-state index is -4.21. The molecule has 0 heterocycles. The molecule has 3 aromatic carbocycles. The number of hydrogen-bond donors (Lipinski definition) is 1. The van der Waals surface area contributed by atoms with Crippen molar-refractivity contribution in [2.24, 2.45) is 5.92 Å². The van der Waals surface area contributed by atoms with Gasteiger partial charge in [-0.15, -0.1) is 0 Å². The minimum Gasteiger partial charge on any atom is -0.493 e. The maximum Gasteiger partial charge on any atom is 0.264 e. The predicted molar refractivity (Wildman–Crippen MR) is 169 cm³/mol. The van der Waals surface area contributed by atoms with E-state index in [1.807, 2.05) is 58.9 Å². The number of nitrogens with one attached hydrogen (secondary N) is 1. The van der Waals surface area contributed by atoms with Crippen molar-refractivity contribution >= 4 is 27.5 Å². The molecule has 0 unspecified atom stereocenters. The molecule has 0 aliphatic heterocycles. The summed E-state index contributed by atoms with van der Waals surface area (Å²) in [6.45, 7) is 9.70. The Bertz CT molecular complexity index is 1510.